The van der Waals surface area contributed by atoms with Crippen LogP contribution in [0.4, 0.5) is 0 Å². The lowest BCUT2D eigenvalue weighted by molar-refractivity contribution is -0.0503. The van der Waals surface area contributed by atoms with Crippen molar-refractivity contribution in [1.29, 1.82) is 0 Å². The van der Waals surface area contributed by atoms with E-state index in [0.29, 0.717) is 22.0 Å². The van der Waals surface area contributed by atoms with Gasteiger partial charge in [-0.25, -0.2) is 0 Å². The summed E-state index contributed by atoms with van der Waals surface area (Å²) in [5, 5.41) is 10.9. The molecule has 4 nitrogen and oxygen atoms in total. The first-order valence-corrected chi connectivity index (χ1v) is 12.0. The van der Waals surface area contributed by atoms with Gasteiger partial charge in [0.2, 0.25) is 0 Å². The van der Waals surface area contributed by atoms with Crippen molar-refractivity contribution in [1.82, 2.24) is 16.0 Å². The summed E-state index contributed by atoms with van der Waals surface area (Å²) in [6, 6.07) is 6.44. The van der Waals surface area contributed by atoms with Crippen LogP contribution in [0.3, 0.4) is 0 Å². The first-order chi connectivity index (χ1) is 14.1. The topological polar surface area (TPSA) is 53.2 Å². The Morgan fingerprint density at radius 3 is 2.38 bits per heavy atom. The summed E-state index contributed by atoms with van der Waals surface area (Å²) < 4.78 is 0. The fourth-order valence-electron chi connectivity index (χ4n) is 7.01. The van der Waals surface area contributed by atoms with Gasteiger partial charge in [-0.15, -0.1) is 0 Å². The summed E-state index contributed by atoms with van der Waals surface area (Å²) in [6.45, 7) is 3.77. The maximum atomic E-state index is 13.0. The molecule has 4 saturated carbocycles. The summed E-state index contributed by atoms with van der Waals surface area (Å²) in [5.74, 6) is 2.72. The molecule has 0 unspecified atom stereocenters. The van der Waals surface area contributed by atoms with Gasteiger partial charge in [-0.1, -0.05) is 17.7 Å². The molecule has 4 aliphatic carbocycles. The standard InChI is InChI=1S/C24H34ClN3O/c25-22-2-1-16(14-27-20-3-5-26-6-4-20)10-21(22)23(29)28-15-24-11-17-7-18(12-24)9-19(8-17)13-24/h1-2,10,17-20,26-27H,3-9,11-15H2,(H,28,29). The van der Waals surface area contributed by atoms with Gasteiger partial charge in [-0.05, 0) is 105 Å². The lowest BCUT2D eigenvalue weighted by Gasteiger charge is -2.56. The van der Waals surface area contributed by atoms with Crippen molar-refractivity contribution in [2.45, 2.75) is 64.0 Å². The number of halogens is 1. The fourth-order valence-corrected chi connectivity index (χ4v) is 7.22. The molecule has 0 atom stereocenters. The Hall–Kier alpha value is -1.10. The van der Waals surface area contributed by atoms with Crippen LogP contribution in [-0.4, -0.2) is 31.6 Å². The zero-order chi connectivity index (χ0) is 19.8. The van der Waals surface area contributed by atoms with Gasteiger partial charge in [0.15, 0.2) is 0 Å². The van der Waals surface area contributed by atoms with Crippen molar-refractivity contribution in [3.05, 3.63) is 34.3 Å². The highest BCUT2D eigenvalue weighted by Gasteiger charge is 2.50. The van der Waals surface area contributed by atoms with E-state index in [1.165, 1.54) is 38.5 Å². The Labute approximate surface area is 179 Å². The van der Waals surface area contributed by atoms with Crippen LogP contribution in [-0.2, 0) is 6.54 Å². The van der Waals surface area contributed by atoms with E-state index in [1.807, 2.05) is 18.2 Å². The lowest BCUT2D eigenvalue weighted by atomic mass is 9.49. The Morgan fingerprint density at radius 1 is 1.07 bits per heavy atom. The molecule has 1 heterocycles. The predicted octanol–water partition coefficient (Wildman–Crippen LogP) is 4.13. The molecule has 5 aliphatic rings. The molecule has 29 heavy (non-hydrogen) atoms. The average Bonchev–Trinajstić information content (AvgIpc) is 2.71. The molecule has 1 aromatic carbocycles. The zero-order valence-corrected chi connectivity index (χ0v) is 18.1. The monoisotopic (exact) mass is 415 g/mol. The van der Waals surface area contributed by atoms with Crippen LogP contribution >= 0.6 is 11.6 Å². The smallest absolute Gasteiger partial charge is 0.252 e. The minimum absolute atomic E-state index is 0.00513. The third-order valence-electron chi connectivity index (χ3n) is 8.00. The van der Waals surface area contributed by atoms with Gasteiger partial charge in [0.1, 0.15) is 0 Å². The van der Waals surface area contributed by atoms with Crippen molar-refractivity contribution in [2.24, 2.45) is 23.2 Å². The third kappa shape index (κ3) is 4.35. The van der Waals surface area contributed by atoms with Gasteiger partial charge in [0.05, 0.1) is 10.6 Å². The highest BCUT2D eigenvalue weighted by molar-refractivity contribution is 6.33. The van der Waals surface area contributed by atoms with Crippen molar-refractivity contribution in [2.75, 3.05) is 19.6 Å². The van der Waals surface area contributed by atoms with E-state index in [1.54, 1.807) is 0 Å². The molecule has 0 spiro atoms. The minimum atomic E-state index is -0.00513. The van der Waals surface area contributed by atoms with E-state index < -0.39 is 0 Å². The number of hydrogen-bond donors (Lipinski definition) is 3. The first-order valence-electron chi connectivity index (χ1n) is 11.6. The second-order valence-electron chi connectivity index (χ2n) is 10.3. The highest BCUT2D eigenvalue weighted by atomic mass is 35.5. The summed E-state index contributed by atoms with van der Waals surface area (Å²) >= 11 is 6.41. The lowest BCUT2D eigenvalue weighted by Crippen LogP contribution is -2.51. The first kappa shape index (κ1) is 19.8. The van der Waals surface area contributed by atoms with Gasteiger partial charge < -0.3 is 16.0 Å². The van der Waals surface area contributed by atoms with Crippen LogP contribution in [0, 0.1) is 23.2 Å². The maximum absolute atomic E-state index is 13.0. The Balaban J connectivity index is 1.20. The van der Waals surface area contributed by atoms with Crippen LogP contribution in [0.1, 0.15) is 67.3 Å². The normalized spacial score (nSPS) is 33.8. The minimum Gasteiger partial charge on any atom is -0.351 e. The van der Waals surface area contributed by atoms with Crippen LogP contribution in [0.2, 0.25) is 5.02 Å². The molecule has 1 aliphatic heterocycles. The third-order valence-corrected chi connectivity index (χ3v) is 8.33. The van der Waals surface area contributed by atoms with Gasteiger partial charge in [-0.3, -0.25) is 4.79 Å². The van der Waals surface area contributed by atoms with E-state index >= 15 is 0 Å². The number of carbonyl (C=O) groups is 1. The molecule has 1 aromatic rings. The van der Waals surface area contributed by atoms with E-state index in [2.05, 4.69) is 16.0 Å². The van der Waals surface area contributed by atoms with Crippen molar-refractivity contribution < 1.29 is 4.79 Å². The number of rotatable bonds is 6. The van der Waals surface area contributed by atoms with Gasteiger partial charge in [0.25, 0.3) is 5.91 Å². The number of nitrogens with one attached hydrogen (secondary N) is 3. The van der Waals surface area contributed by atoms with E-state index in [0.717, 1.165) is 62.3 Å². The maximum Gasteiger partial charge on any atom is 0.252 e. The van der Waals surface area contributed by atoms with Crippen molar-refractivity contribution in [3.63, 3.8) is 0 Å². The molecule has 1 saturated heterocycles. The molecule has 158 valence electrons. The number of amides is 1. The zero-order valence-electron chi connectivity index (χ0n) is 17.3. The average molecular weight is 416 g/mol. The number of piperidine rings is 1. The quantitative estimate of drug-likeness (QED) is 0.654. The molecule has 3 N–H and O–H groups in total. The van der Waals surface area contributed by atoms with Crippen molar-refractivity contribution >= 4 is 17.5 Å². The second-order valence-corrected chi connectivity index (χ2v) is 10.7. The number of carbonyl (C=O) groups excluding carboxylic acids is 1. The SMILES string of the molecule is O=C(NCC12CC3CC(CC(C3)C1)C2)c1cc(CNC2CCNCC2)ccc1Cl. The number of hydrogen-bond acceptors (Lipinski definition) is 3. The molecular weight excluding hydrogens is 382 g/mol. The summed E-state index contributed by atoms with van der Waals surface area (Å²) in [6.07, 6.45) is 10.6. The second kappa shape index (κ2) is 8.20. The van der Waals surface area contributed by atoms with Gasteiger partial charge >= 0.3 is 0 Å². The van der Waals surface area contributed by atoms with E-state index in [9.17, 15) is 4.79 Å². The summed E-state index contributed by atoms with van der Waals surface area (Å²) in [5.41, 5.74) is 2.11. The van der Waals surface area contributed by atoms with E-state index in [-0.39, 0.29) is 5.91 Å². The molecule has 0 radical (unpaired) electrons. The molecule has 6 rings (SSSR count). The van der Waals surface area contributed by atoms with E-state index in [4.69, 9.17) is 11.6 Å². The molecule has 5 heteroatoms. The fraction of sp³-hybridized carbons (Fsp3) is 0.708. The Morgan fingerprint density at radius 2 is 1.72 bits per heavy atom. The van der Waals surface area contributed by atoms with Gasteiger partial charge in [-0.2, -0.15) is 0 Å². The highest BCUT2D eigenvalue weighted by Crippen LogP contribution is 2.59. The van der Waals surface area contributed by atoms with Gasteiger partial charge in [0, 0.05) is 19.1 Å². The molecule has 5 fully saturated rings. The molecular formula is C24H34ClN3O. The summed E-state index contributed by atoms with van der Waals surface area (Å²) in [7, 11) is 0. The predicted molar refractivity (Wildman–Crippen MR) is 117 cm³/mol. The van der Waals surface area contributed by atoms with Crippen LogP contribution in [0.5, 0.6) is 0 Å². The van der Waals surface area contributed by atoms with Crippen LogP contribution < -0.4 is 16.0 Å². The molecule has 1 amide bonds. The Bertz CT molecular complexity index is 723. The molecule has 0 aromatic heterocycles. The van der Waals surface area contributed by atoms with Crippen LogP contribution in [0.25, 0.3) is 0 Å². The Kier molecular flexibility index (Phi) is 5.61. The largest absolute Gasteiger partial charge is 0.351 e. The number of benzene rings is 1. The molecule has 4 bridgehead atoms. The van der Waals surface area contributed by atoms with Crippen molar-refractivity contribution in [3.8, 4) is 0 Å². The van der Waals surface area contributed by atoms with Crippen LogP contribution in [0.15, 0.2) is 18.2 Å². The summed E-state index contributed by atoms with van der Waals surface area (Å²) in [4.78, 5) is 13.0.